The molecule has 2 rings (SSSR count). The summed E-state index contributed by atoms with van der Waals surface area (Å²) in [6, 6.07) is 12.4. The Hall–Kier alpha value is -1.03. The van der Waals surface area contributed by atoms with Gasteiger partial charge in [-0.2, -0.15) is 0 Å². The molecule has 2 aromatic carbocycles. The second-order valence-electron chi connectivity index (χ2n) is 4.89. The van der Waals surface area contributed by atoms with E-state index in [-0.39, 0.29) is 6.04 Å². The Morgan fingerprint density at radius 2 is 1.86 bits per heavy atom. The molecule has 0 saturated heterocycles. The van der Waals surface area contributed by atoms with E-state index in [2.05, 4.69) is 53.3 Å². The molecular formula is C17H19BrClNO. The maximum absolute atomic E-state index is 6.12. The van der Waals surface area contributed by atoms with Crippen LogP contribution in [0, 0.1) is 6.92 Å². The van der Waals surface area contributed by atoms with E-state index in [1.807, 2.05) is 18.2 Å². The van der Waals surface area contributed by atoms with Gasteiger partial charge >= 0.3 is 0 Å². The molecular weight excluding hydrogens is 350 g/mol. The summed E-state index contributed by atoms with van der Waals surface area (Å²) in [4.78, 5) is 0. The van der Waals surface area contributed by atoms with Gasteiger partial charge < -0.3 is 10.1 Å². The normalized spacial score (nSPS) is 12.2. The minimum absolute atomic E-state index is 0.118. The molecule has 0 radical (unpaired) electrons. The van der Waals surface area contributed by atoms with Crippen LogP contribution in [0.4, 0.5) is 0 Å². The molecule has 4 heteroatoms. The summed E-state index contributed by atoms with van der Waals surface area (Å²) >= 11 is 9.67. The summed E-state index contributed by atoms with van der Waals surface area (Å²) < 4.78 is 6.45. The third-order valence-corrected chi connectivity index (χ3v) is 4.63. The molecule has 0 aliphatic rings. The molecule has 1 unspecified atom stereocenters. The van der Waals surface area contributed by atoms with E-state index >= 15 is 0 Å². The van der Waals surface area contributed by atoms with Crippen LogP contribution >= 0.6 is 27.5 Å². The van der Waals surface area contributed by atoms with Gasteiger partial charge in [0.25, 0.3) is 0 Å². The zero-order valence-electron chi connectivity index (χ0n) is 12.4. The first-order valence-corrected chi connectivity index (χ1v) is 8.06. The first kappa shape index (κ1) is 16.3. The molecule has 0 bridgehead atoms. The molecule has 2 nitrogen and oxygen atoms in total. The van der Waals surface area contributed by atoms with E-state index in [9.17, 15) is 0 Å². The van der Waals surface area contributed by atoms with E-state index in [0.717, 1.165) is 16.6 Å². The fourth-order valence-electron chi connectivity index (χ4n) is 2.34. The Labute approximate surface area is 139 Å². The SMILES string of the molecule is CCNC(c1ccc(Br)c(C)c1)c1ccc(Cl)c(OC)c1. The largest absolute Gasteiger partial charge is 0.495 e. The summed E-state index contributed by atoms with van der Waals surface area (Å²) in [6.45, 7) is 5.08. The molecule has 0 aromatic heterocycles. The molecule has 0 amide bonds. The third kappa shape index (κ3) is 3.79. The molecule has 0 heterocycles. The third-order valence-electron chi connectivity index (χ3n) is 3.43. The lowest BCUT2D eigenvalue weighted by Crippen LogP contribution is -2.22. The standard InChI is InChI=1S/C17H19BrClNO/c1-4-20-17(12-5-7-14(18)11(2)9-12)13-6-8-15(19)16(10-13)21-3/h5-10,17,20H,4H2,1-3H3. The highest BCUT2D eigenvalue weighted by Gasteiger charge is 2.15. The van der Waals surface area contributed by atoms with Gasteiger partial charge in [-0.25, -0.2) is 0 Å². The second kappa shape index (κ2) is 7.30. The number of hydrogen-bond acceptors (Lipinski definition) is 2. The molecule has 1 atom stereocenters. The quantitative estimate of drug-likeness (QED) is 0.791. The minimum Gasteiger partial charge on any atom is -0.495 e. The first-order chi connectivity index (χ1) is 10.1. The van der Waals surface area contributed by atoms with Crippen LogP contribution in [0.5, 0.6) is 5.75 Å². The number of aryl methyl sites for hydroxylation is 1. The van der Waals surface area contributed by atoms with Crippen molar-refractivity contribution in [2.75, 3.05) is 13.7 Å². The number of rotatable bonds is 5. The van der Waals surface area contributed by atoms with E-state index in [4.69, 9.17) is 16.3 Å². The lowest BCUT2D eigenvalue weighted by atomic mass is 9.97. The Morgan fingerprint density at radius 1 is 1.19 bits per heavy atom. The predicted octanol–water partition coefficient (Wildman–Crippen LogP) is 5.12. The average Bonchev–Trinajstić information content (AvgIpc) is 2.48. The van der Waals surface area contributed by atoms with Crippen molar-refractivity contribution in [1.29, 1.82) is 0 Å². The summed E-state index contributed by atoms with van der Waals surface area (Å²) in [5.41, 5.74) is 3.58. The number of methoxy groups -OCH3 is 1. The van der Waals surface area contributed by atoms with Crippen molar-refractivity contribution in [2.45, 2.75) is 19.9 Å². The highest BCUT2D eigenvalue weighted by atomic mass is 79.9. The lowest BCUT2D eigenvalue weighted by Gasteiger charge is -2.20. The predicted molar refractivity (Wildman–Crippen MR) is 92.4 cm³/mol. The fraction of sp³-hybridized carbons (Fsp3) is 0.294. The van der Waals surface area contributed by atoms with Gasteiger partial charge in [0.15, 0.2) is 0 Å². The van der Waals surface area contributed by atoms with E-state index in [0.29, 0.717) is 10.8 Å². The van der Waals surface area contributed by atoms with Crippen LogP contribution in [0.3, 0.4) is 0 Å². The molecule has 2 aromatic rings. The van der Waals surface area contributed by atoms with E-state index in [1.165, 1.54) is 11.1 Å². The lowest BCUT2D eigenvalue weighted by molar-refractivity contribution is 0.414. The summed E-state index contributed by atoms with van der Waals surface area (Å²) in [7, 11) is 1.64. The highest BCUT2D eigenvalue weighted by Crippen LogP contribution is 2.31. The maximum Gasteiger partial charge on any atom is 0.137 e. The van der Waals surface area contributed by atoms with Gasteiger partial charge in [0, 0.05) is 4.47 Å². The van der Waals surface area contributed by atoms with Crippen LogP contribution in [-0.4, -0.2) is 13.7 Å². The number of hydrogen-bond donors (Lipinski definition) is 1. The number of ether oxygens (including phenoxy) is 1. The summed E-state index contributed by atoms with van der Waals surface area (Å²) in [5, 5.41) is 4.15. The van der Waals surface area contributed by atoms with Crippen molar-refractivity contribution in [2.24, 2.45) is 0 Å². The van der Waals surface area contributed by atoms with Gasteiger partial charge in [-0.15, -0.1) is 0 Å². The van der Waals surface area contributed by atoms with Crippen molar-refractivity contribution in [3.63, 3.8) is 0 Å². The molecule has 0 aliphatic heterocycles. The Kier molecular flexibility index (Phi) is 5.68. The minimum atomic E-state index is 0.118. The number of benzene rings is 2. The van der Waals surface area contributed by atoms with Gasteiger partial charge in [0.1, 0.15) is 5.75 Å². The monoisotopic (exact) mass is 367 g/mol. The van der Waals surface area contributed by atoms with Crippen molar-refractivity contribution in [3.8, 4) is 5.75 Å². The van der Waals surface area contributed by atoms with Gasteiger partial charge in [-0.3, -0.25) is 0 Å². The molecule has 21 heavy (non-hydrogen) atoms. The highest BCUT2D eigenvalue weighted by molar-refractivity contribution is 9.10. The van der Waals surface area contributed by atoms with Crippen molar-refractivity contribution in [1.82, 2.24) is 5.32 Å². The number of halogens is 2. The van der Waals surface area contributed by atoms with Crippen LogP contribution in [0.15, 0.2) is 40.9 Å². The van der Waals surface area contributed by atoms with Gasteiger partial charge in [0.05, 0.1) is 18.2 Å². The van der Waals surface area contributed by atoms with Gasteiger partial charge in [-0.05, 0) is 48.4 Å². The Bertz CT molecular complexity index is 630. The second-order valence-corrected chi connectivity index (χ2v) is 6.15. The van der Waals surface area contributed by atoms with Crippen molar-refractivity contribution in [3.05, 3.63) is 62.6 Å². The van der Waals surface area contributed by atoms with Crippen LogP contribution in [0.2, 0.25) is 5.02 Å². The zero-order valence-corrected chi connectivity index (χ0v) is 14.8. The fourth-order valence-corrected chi connectivity index (χ4v) is 2.78. The van der Waals surface area contributed by atoms with E-state index < -0.39 is 0 Å². The van der Waals surface area contributed by atoms with Crippen LogP contribution < -0.4 is 10.1 Å². The molecule has 1 N–H and O–H groups in total. The van der Waals surface area contributed by atoms with Gasteiger partial charge in [0.2, 0.25) is 0 Å². The molecule has 0 aliphatic carbocycles. The first-order valence-electron chi connectivity index (χ1n) is 6.89. The average molecular weight is 369 g/mol. The summed E-state index contributed by atoms with van der Waals surface area (Å²) in [6.07, 6.45) is 0. The summed E-state index contributed by atoms with van der Waals surface area (Å²) in [5.74, 6) is 0.700. The van der Waals surface area contributed by atoms with Gasteiger partial charge in [-0.1, -0.05) is 52.7 Å². The maximum atomic E-state index is 6.12. The van der Waals surface area contributed by atoms with Crippen LogP contribution in [-0.2, 0) is 0 Å². The van der Waals surface area contributed by atoms with Crippen LogP contribution in [0.1, 0.15) is 29.7 Å². The molecule has 112 valence electrons. The van der Waals surface area contributed by atoms with Crippen molar-refractivity contribution >= 4 is 27.5 Å². The smallest absolute Gasteiger partial charge is 0.137 e. The van der Waals surface area contributed by atoms with Crippen molar-refractivity contribution < 1.29 is 4.74 Å². The number of nitrogens with one attached hydrogen (secondary N) is 1. The topological polar surface area (TPSA) is 21.3 Å². The Morgan fingerprint density at radius 3 is 2.48 bits per heavy atom. The molecule has 0 saturated carbocycles. The van der Waals surface area contributed by atoms with Crippen LogP contribution in [0.25, 0.3) is 0 Å². The molecule has 0 spiro atoms. The molecule has 0 fully saturated rings. The Balaban J connectivity index is 2.44. The van der Waals surface area contributed by atoms with E-state index in [1.54, 1.807) is 7.11 Å². The zero-order chi connectivity index (χ0) is 15.4.